The van der Waals surface area contributed by atoms with Gasteiger partial charge in [-0.1, -0.05) is 6.92 Å². The molecule has 0 radical (unpaired) electrons. The largest absolute Gasteiger partial charge is 0.399 e. The standard InChI is InChI=1S/C12H15N3/c1-3-9-8-10(4-5-11(9)13)12-14-6-7-15(12)2/h4-8H,3,13H2,1-2H3. The number of nitrogen functional groups attached to an aromatic ring is 1. The second kappa shape index (κ2) is 3.77. The number of nitrogens with zero attached hydrogens (tertiary/aromatic N) is 2. The Labute approximate surface area is 89.6 Å². The van der Waals surface area contributed by atoms with Gasteiger partial charge in [0.2, 0.25) is 0 Å². The van der Waals surface area contributed by atoms with E-state index in [1.54, 1.807) is 6.20 Å². The van der Waals surface area contributed by atoms with Gasteiger partial charge >= 0.3 is 0 Å². The highest BCUT2D eigenvalue weighted by atomic mass is 15.0. The number of hydrogen-bond acceptors (Lipinski definition) is 2. The zero-order valence-corrected chi connectivity index (χ0v) is 9.07. The van der Waals surface area contributed by atoms with Crippen molar-refractivity contribution in [2.75, 3.05) is 5.73 Å². The lowest BCUT2D eigenvalue weighted by molar-refractivity contribution is 0.924. The van der Waals surface area contributed by atoms with E-state index in [-0.39, 0.29) is 0 Å². The second-order valence-electron chi connectivity index (χ2n) is 3.63. The van der Waals surface area contributed by atoms with Crippen molar-refractivity contribution in [3.05, 3.63) is 36.2 Å². The van der Waals surface area contributed by atoms with Crippen LogP contribution in [0.5, 0.6) is 0 Å². The van der Waals surface area contributed by atoms with Gasteiger partial charge in [-0.2, -0.15) is 0 Å². The van der Waals surface area contributed by atoms with E-state index in [1.165, 1.54) is 5.56 Å². The van der Waals surface area contributed by atoms with E-state index in [0.29, 0.717) is 0 Å². The number of aromatic nitrogens is 2. The molecule has 2 N–H and O–H groups in total. The van der Waals surface area contributed by atoms with E-state index in [9.17, 15) is 0 Å². The SMILES string of the molecule is CCc1cc(-c2nccn2C)ccc1N. The molecule has 2 aromatic rings. The van der Waals surface area contributed by atoms with Crippen molar-refractivity contribution in [3.63, 3.8) is 0 Å². The van der Waals surface area contributed by atoms with Crippen molar-refractivity contribution >= 4 is 5.69 Å². The van der Waals surface area contributed by atoms with Crippen molar-refractivity contribution in [1.29, 1.82) is 0 Å². The summed E-state index contributed by atoms with van der Waals surface area (Å²) in [5.41, 5.74) is 9.02. The Bertz CT molecular complexity index is 471. The first-order chi connectivity index (χ1) is 7.22. The highest BCUT2D eigenvalue weighted by Crippen LogP contribution is 2.22. The van der Waals surface area contributed by atoms with Gasteiger partial charge in [0.05, 0.1) is 0 Å². The molecule has 0 aliphatic rings. The van der Waals surface area contributed by atoms with E-state index in [4.69, 9.17) is 5.73 Å². The summed E-state index contributed by atoms with van der Waals surface area (Å²) in [5, 5.41) is 0. The number of benzene rings is 1. The van der Waals surface area contributed by atoms with Crippen LogP contribution in [0.4, 0.5) is 5.69 Å². The molecule has 0 atom stereocenters. The van der Waals surface area contributed by atoms with Crippen molar-refractivity contribution in [2.24, 2.45) is 7.05 Å². The van der Waals surface area contributed by atoms with E-state index in [1.807, 2.05) is 29.9 Å². The van der Waals surface area contributed by atoms with Crippen molar-refractivity contribution in [1.82, 2.24) is 9.55 Å². The molecule has 0 aliphatic carbocycles. The van der Waals surface area contributed by atoms with Gasteiger partial charge in [0.25, 0.3) is 0 Å². The monoisotopic (exact) mass is 201 g/mol. The smallest absolute Gasteiger partial charge is 0.139 e. The van der Waals surface area contributed by atoms with Crippen LogP contribution in [0.15, 0.2) is 30.6 Å². The number of nitrogens with two attached hydrogens (primary N) is 1. The third-order valence-corrected chi connectivity index (χ3v) is 2.60. The number of hydrogen-bond donors (Lipinski definition) is 1. The fourth-order valence-corrected chi connectivity index (χ4v) is 1.69. The zero-order valence-electron chi connectivity index (χ0n) is 9.07. The molecule has 2 rings (SSSR count). The number of anilines is 1. The van der Waals surface area contributed by atoms with Gasteiger partial charge in [-0.3, -0.25) is 0 Å². The molecule has 0 bridgehead atoms. The fraction of sp³-hybridized carbons (Fsp3) is 0.250. The van der Waals surface area contributed by atoms with Gasteiger partial charge in [-0.05, 0) is 30.2 Å². The van der Waals surface area contributed by atoms with E-state index in [0.717, 1.165) is 23.5 Å². The Morgan fingerprint density at radius 3 is 2.80 bits per heavy atom. The summed E-state index contributed by atoms with van der Waals surface area (Å²) in [6.07, 6.45) is 4.69. The molecule has 15 heavy (non-hydrogen) atoms. The summed E-state index contributed by atoms with van der Waals surface area (Å²) in [4.78, 5) is 4.31. The molecular formula is C12H15N3. The molecule has 0 saturated carbocycles. The van der Waals surface area contributed by atoms with Crippen LogP contribution in [0, 0.1) is 0 Å². The van der Waals surface area contributed by atoms with Gasteiger partial charge in [-0.15, -0.1) is 0 Å². The van der Waals surface area contributed by atoms with Gasteiger partial charge in [0, 0.05) is 30.7 Å². The zero-order chi connectivity index (χ0) is 10.8. The molecule has 1 aromatic heterocycles. The van der Waals surface area contributed by atoms with Crippen LogP contribution in [0.3, 0.4) is 0 Å². The third-order valence-electron chi connectivity index (χ3n) is 2.60. The first kappa shape index (κ1) is 9.77. The molecule has 1 heterocycles. The van der Waals surface area contributed by atoms with Crippen molar-refractivity contribution < 1.29 is 0 Å². The molecule has 1 aromatic carbocycles. The summed E-state index contributed by atoms with van der Waals surface area (Å²) in [6.45, 7) is 2.11. The summed E-state index contributed by atoms with van der Waals surface area (Å²) in [5.74, 6) is 0.977. The molecular weight excluding hydrogens is 186 g/mol. The van der Waals surface area contributed by atoms with Crippen LogP contribution in [0.2, 0.25) is 0 Å². The molecule has 0 amide bonds. The van der Waals surface area contributed by atoms with Crippen LogP contribution in [-0.2, 0) is 13.5 Å². The summed E-state index contributed by atoms with van der Waals surface area (Å²) >= 11 is 0. The Morgan fingerprint density at radius 1 is 1.40 bits per heavy atom. The Morgan fingerprint density at radius 2 is 2.20 bits per heavy atom. The Kier molecular flexibility index (Phi) is 2.46. The van der Waals surface area contributed by atoms with Crippen LogP contribution in [-0.4, -0.2) is 9.55 Å². The highest BCUT2D eigenvalue weighted by molar-refractivity contribution is 5.62. The minimum atomic E-state index is 0.857. The normalized spacial score (nSPS) is 10.5. The molecule has 0 saturated heterocycles. The number of aryl methyl sites for hydroxylation is 2. The first-order valence-corrected chi connectivity index (χ1v) is 5.08. The molecule has 0 aliphatic heterocycles. The maximum atomic E-state index is 5.86. The van der Waals surface area contributed by atoms with E-state index in [2.05, 4.69) is 18.0 Å². The lowest BCUT2D eigenvalue weighted by atomic mass is 10.1. The van der Waals surface area contributed by atoms with Crippen LogP contribution < -0.4 is 5.73 Å². The number of imidazole rings is 1. The van der Waals surface area contributed by atoms with Gasteiger partial charge in [0.1, 0.15) is 5.82 Å². The molecule has 3 heteroatoms. The van der Waals surface area contributed by atoms with Crippen molar-refractivity contribution in [3.8, 4) is 11.4 Å². The summed E-state index contributed by atoms with van der Waals surface area (Å²) in [6, 6.07) is 6.07. The maximum Gasteiger partial charge on any atom is 0.139 e. The molecule has 0 fully saturated rings. The average molecular weight is 201 g/mol. The first-order valence-electron chi connectivity index (χ1n) is 5.08. The topological polar surface area (TPSA) is 43.8 Å². The van der Waals surface area contributed by atoms with Crippen LogP contribution in [0.25, 0.3) is 11.4 Å². The lowest BCUT2D eigenvalue weighted by Gasteiger charge is -2.06. The third kappa shape index (κ3) is 1.73. The number of rotatable bonds is 2. The summed E-state index contributed by atoms with van der Waals surface area (Å²) < 4.78 is 2.00. The molecule has 78 valence electrons. The second-order valence-corrected chi connectivity index (χ2v) is 3.63. The summed E-state index contributed by atoms with van der Waals surface area (Å²) in [7, 11) is 1.99. The quantitative estimate of drug-likeness (QED) is 0.757. The van der Waals surface area contributed by atoms with Crippen molar-refractivity contribution in [2.45, 2.75) is 13.3 Å². The highest BCUT2D eigenvalue weighted by Gasteiger charge is 2.05. The van der Waals surface area contributed by atoms with Gasteiger partial charge < -0.3 is 10.3 Å². The average Bonchev–Trinajstić information content (AvgIpc) is 2.65. The minimum Gasteiger partial charge on any atom is -0.399 e. The molecule has 3 nitrogen and oxygen atoms in total. The van der Waals surface area contributed by atoms with Gasteiger partial charge in [0.15, 0.2) is 0 Å². The Balaban J connectivity index is 2.51. The fourth-order valence-electron chi connectivity index (χ4n) is 1.69. The van der Waals surface area contributed by atoms with E-state index >= 15 is 0 Å². The van der Waals surface area contributed by atoms with Crippen LogP contribution in [0.1, 0.15) is 12.5 Å². The maximum absolute atomic E-state index is 5.86. The molecule has 0 spiro atoms. The Hall–Kier alpha value is -1.77. The predicted octanol–water partition coefficient (Wildman–Crippen LogP) is 2.23. The minimum absolute atomic E-state index is 0.857. The van der Waals surface area contributed by atoms with Crippen LogP contribution >= 0.6 is 0 Å². The van der Waals surface area contributed by atoms with Gasteiger partial charge in [-0.25, -0.2) is 4.98 Å². The predicted molar refractivity (Wildman–Crippen MR) is 62.4 cm³/mol. The lowest BCUT2D eigenvalue weighted by Crippen LogP contribution is -1.96. The van der Waals surface area contributed by atoms with E-state index < -0.39 is 0 Å². The molecule has 0 unspecified atom stereocenters.